The molecule has 0 atom stereocenters. The number of methoxy groups -OCH3 is 2. The molecule has 2 nitrogen and oxygen atoms in total. The van der Waals surface area contributed by atoms with Crippen LogP contribution in [-0.4, -0.2) is 14.2 Å². The summed E-state index contributed by atoms with van der Waals surface area (Å²) in [6.07, 6.45) is 4.72. The molecule has 0 aromatic heterocycles. The van der Waals surface area contributed by atoms with Crippen molar-refractivity contribution in [2.75, 3.05) is 14.2 Å². The average Bonchev–Trinajstić information content (AvgIpc) is 2.92. The van der Waals surface area contributed by atoms with Gasteiger partial charge >= 0.3 is 0 Å². The summed E-state index contributed by atoms with van der Waals surface area (Å²) in [5, 5.41) is 0. The summed E-state index contributed by atoms with van der Waals surface area (Å²) in [6, 6.07) is 37.7. The molecule has 0 N–H and O–H groups in total. The van der Waals surface area contributed by atoms with E-state index in [1.54, 1.807) is 14.2 Å². The largest absolute Gasteiger partial charge is 0.497 e. The number of benzene rings is 4. The zero-order valence-electron chi connectivity index (χ0n) is 20.9. The molecule has 4 aromatic rings. The molecule has 0 aliphatic rings. The van der Waals surface area contributed by atoms with E-state index in [9.17, 15) is 0 Å². The van der Waals surface area contributed by atoms with Gasteiger partial charge in [-0.3, -0.25) is 0 Å². The van der Waals surface area contributed by atoms with E-state index in [0.717, 1.165) is 28.2 Å². The predicted molar refractivity (Wildman–Crippen MR) is 147 cm³/mol. The van der Waals surface area contributed by atoms with Crippen LogP contribution < -0.4 is 9.47 Å². The standard InChI is InChI=1S/C33H32O2/c1-33(2,23-31(25-11-7-5-8-12-25)26-13-9-6-10-14-26)24-32(27-15-19-29(34-3)20-16-27)28-17-21-30(35-4)22-18-28/h5-24H,1-4H3. The maximum atomic E-state index is 5.39. The van der Waals surface area contributed by atoms with Crippen molar-refractivity contribution in [3.05, 3.63) is 144 Å². The van der Waals surface area contributed by atoms with Crippen molar-refractivity contribution in [2.24, 2.45) is 5.41 Å². The van der Waals surface area contributed by atoms with Crippen LogP contribution in [0.5, 0.6) is 11.5 Å². The Bertz CT molecular complexity index is 1190. The van der Waals surface area contributed by atoms with Crippen LogP contribution in [0.15, 0.2) is 121 Å². The molecule has 0 fully saturated rings. The second kappa shape index (κ2) is 10.9. The van der Waals surface area contributed by atoms with Crippen molar-refractivity contribution in [3.8, 4) is 11.5 Å². The molecule has 0 amide bonds. The Labute approximate surface area is 209 Å². The van der Waals surface area contributed by atoms with E-state index in [1.807, 2.05) is 24.3 Å². The molecule has 0 heterocycles. The molecular weight excluding hydrogens is 428 g/mol. The van der Waals surface area contributed by atoms with Gasteiger partial charge in [0.2, 0.25) is 0 Å². The van der Waals surface area contributed by atoms with Crippen molar-refractivity contribution in [1.29, 1.82) is 0 Å². The number of hydrogen-bond acceptors (Lipinski definition) is 2. The lowest BCUT2D eigenvalue weighted by Gasteiger charge is -2.22. The summed E-state index contributed by atoms with van der Waals surface area (Å²) in [6.45, 7) is 4.51. The summed E-state index contributed by atoms with van der Waals surface area (Å²) in [4.78, 5) is 0. The van der Waals surface area contributed by atoms with Crippen LogP contribution in [0.3, 0.4) is 0 Å². The minimum Gasteiger partial charge on any atom is -0.497 e. The fourth-order valence-corrected chi connectivity index (χ4v) is 4.23. The summed E-state index contributed by atoms with van der Waals surface area (Å²) in [5.41, 5.74) is 6.83. The summed E-state index contributed by atoms with van der Waals surface area (Å²) < 4.78 is 10.8. The molecule has 0 spiro atoms. The van der Waals surface area contributed by atoms with Gasteiger partial charge in [-0.25, -0.2) is 0 Å². The Kier molecular flexibility index (Phi) is 7.52. The quantitative estimate of drug-likeness (QED) is 0.263. The summed E-state index contributed by atoms with van der Waals surface area (Å²) >= 11 is 0. The van der Waals surface area contributed by atoms with Gasteiger partial charge in [-0.2, -0.15) is 0 Å². The van der Waals surface area contributed by atoms with Gasteiger partial charge in [0.05, 0.1) is 14.2 Å². The van der Waals surface area contributed by atoms with Gasteiger partial charge in [0.1, 0.15) is 11.5 Å². The summed E-state index contributed by atoms with van der Waals surface area (Å²) in [7, 11) is 3.38. The van der Waals surface area contributed by atoms with E-state index in [1.165, 1.54) is 16.7 Å². The zero-order valence-corrected chi connectivity index (χ0v) is 20.9. The molecule has 0 radical (unpaired) electrons. The van der Waals surface area contributed by atoms with Crippen molar-refractivity contribution >= 4 is 11.1 Å². The SMILES string of the molecule is COc1ccc(C(=CC(C)(C)C=C(c2ccccc2)c2ccccc2)c2ccc(OC)cc2)cc1. The average molecular weight is 461 g/mol. The van der Waals surface area contributed by atoms with Crippen molar-refractivity contribution in [2.45, 2.75) is 13.8 Å². The predicted octanol–water partition coefficient (Wildman–Crippen LogP) is 8.29. The molecule has 0 bridgehead atoms. The lowest BCUT2D eigenvalue weighted by Crippen LogP contribution is -2.07. The molecular formula is C33H32O2. The fourth-order valence-electron chi connectivity index (χ4n) is 4.23. The van der Waals surface area contributed by atoms with Crippen molar-refractivity contribution in [3.63, 3.8) is 0 Å². The third-order valence-electron chi connectivity index (χ3n) is 6.00. The first kappa shape index (κ1) is 24.1. The highest BCUT2D eigenvalue weighted by atomic mass is 16.5. The van der Waals surface area contributed by atoms with E-state index < -0.39 is 0 Å². The molecule has 176 valence electrons. The third kappa shape index (κ3) is 6.10. The van der Waals surface area contributed by atoms with E-state index in [4.69, 9.17) is 9.47 Å². The van der Waals surface area contributed by atoms with Crippen LogP contribution in [0.4, 0.5) is 0 Å². The van der Waals surface area contributed by atoms with Crippen LogP contribution in [0, 0.1) is 5.41 Å². The second-order valence-corrected chi connectivity index (χ2v) is 9.13. The second-order valence-electron chi connectivity index (χ2n) is 9.13. The maximum absolute atomic E-state index is 5.39. The molecule has 2 heteroatoms. The highest BCUT2D eigenvalue weighted by Gasteiger charge is 2.18. The minimum absolute atomic E-state index is 0.240. The number of allylic oxidation sites excluding steroid dienone is 2. The Morgan fingerprint density at radius 2 is 0.800 bits per heavy atom. The zero-order chi connectivity index (χ0) is 24.7. The molecule has 0 aliphatic carbocycles. The first-order chi connectivity index (χ1) is 17.0. The van der Waals surface area contributed by atoms with Crippen LogP contribution in [0.1, 0.15) is 36.1 Å². The molecule has 4 rings (SSSR count). The lowest BCUT2D eigenvalue weighted by atomic mass is 9.82. The molecule has 4 aromatic carbocycles. The lowest BCUT2D eigenvalue weighted by molar-refractivity contribution is 0.414. The van der Waals surface area contributed by atoms with Crippen LogP contribution in [0.25, 0.3) is 11.1 Å². The van der Waals surface area contributed by atoms with Crippen LogP contribution >= 0.6 is 0 Å². The normalized spacial score (nSPS) is 10.9. The van der Waals surface area contributed by atoms with Gasteiger partial charge in [0.25, 0.3) is 0 Å². The Morgan fingerprint density at radius 3 is 1.11 bits per heavy atom. The highest BCUT2D eigenvalue weighted by Crippen LogP contribution is 2.35. The van der Waals surface area contributed by atoms with Crippen LogP contribution in [0.2, 0.25) is 0 Å². The van der Waals surface area contributed by atoms with Gasteiger partial charge < -0.3 is 9.47 Å². The Morgan fingerprint density at radius 1 is 0.486 bits per heavy atom. The molecule has 0 saturated heterocycles. The smallest absolute Gasteiger partial charge is 0.118 e. The van der Waals surface area contributed by atoms with Gasteiger partial charge in [-0.15, -0.1) is 0 Å². The highest BCUT2D eigenvalue weighted by molar-refractivity contribution is 5.83. The fraction of sp³-hybridized carbons (Fsp3) is 0.152. The number of rotatable bonds is 8. The molecule has 0 unspecified atom stereocenters. The first-order valence-electron chi connectivity index (χ1n) is 11.8. The van der Waals surface area contributed by atoms with E-state index >= 15 is 0 Å². The van der Waals surface area contributed by atoms with E-state index in [2.05, 4.69) is 111 Å². The summed E-state index contributed by atoms with van der Waals surface area (Å²) in [5.74, 6) is 1.69. The van der Waals surface area contributed by atoms with Crippen molar-refractivity contribution in [1.82, 2.24) is 0 Å². The molecule has 0 saturated carbocycles. The van der Waals surface area contributed by atoms with Gasteiger partial charge in [-0.05, 0) is 57.7 Å². The maximum Gasteiger partial charge on any atom is 0.118 e. The Balaban J connectivity index is 1.85. The van der Waals surface area contributed by atoms with E-state index in [-0.39, 0.29) is 5.41 Å². The van der Waals surface area contributed by atoms with Gasteiger partial charge in [-0.1, -0.05) is 111 Å². The topological polar surface area (TPSA) is 18.5 Å². The first-order valence-corrected chi connectivity index (χ1v) is 11.8. The third-order valence-corrected chi connectivity index (χ3v) is 6.00. The molecule has 35 heavy (non-hydrogen) atoms. The van der Waals surface area contributed by atoms with Gasteiger partial charge in [0.15, 0.2) is 0 Å². The van der Waals surface area contributed by atoms with Gasteiger partial charge in [0, 0.05) is 5.41 Å². The van der Waals surface area contributed by atoms with Crippen LogP contribution in [-0.2, 0) is 0 Å². The Hall–Kier alpha value is -4.04. The van der Waals surface area contributed by atoms with Crippen molar-refractivity contribution < 1.29 is 9.47 Å². The monoisotopic (exact) mass is 460 g/mol. The minimum atomic E-state index is -0.240. The molecule has 0 aliphatic heterocycles. The number of hydrogen-bond donors (Lipinski definition) is 0. The van der Waals surface area contributed by atoms with E-state index in [0.29, 0.717) is 0 Å². The number of ether oxygens (including phenoxy) is 2.